The Morgan fingerprint density at radius 1 is 1.21 bits per heavy atom. The van der Waals surface area contributed by atoms with Gasteiger partial charge >= 0.3 is 0 Å². The summed E-state index contributed by atoms with van der Waals surface area (Å²) in [6.45, 7) is 7.61. The Morgan fingerprint density at radius 3 is 2.58 bits per heavy atom. The van der Waals surface area contributed by atoms with E-state index in [-0.39, 0.29) is 0 Å². The number of rotatable bonds is 5. The predicted octanol–water partition coefficient (Wildman–Crippen LogP) is 2.89. The first-order chi connectivity index (χ1) is 9.20. The highest BCUT2D eigenvalue weighted by Crippen LogP contribution is 2.23. The molecule has 0 aromatic carbocycles. The van der Waals surface area contributed by atoms with Gasteiger partial charge in [0.1, 0.15) is 18.0 Å². The summed E-state index contributed by atoms with van der Waals surface area (Å²) < 4.78 is 0. The number of nitrogens with zero attached hydrogens (tertiary/aromatic N) is 3. The van der Waals surface area contributed by atoms with Gasteiger partial charge in [0.15, 0.2) is 0 Å². The zero-order valence-electron chi connectivity index (χ0n) is 12.2. The molecule has 0 amide bonds. The van der Waals surface area contributed by atoms with Crippen LogP contribution in [0.3, 0.4) is 0 Å². The van der Waals surface area contributed by atoms with Crippen molar-refractivity contribution in [2.24, 2.45) is 0 Å². The highest BCUT2D eigenvalue weighted by molar-refractivity contribution is 5.45. The molecule has 0 radical (unpaired) electrons. The Hall–Kier alpha value is -1.36. The monoisotopic (exact) mass is 263 g/mol. The van der Waals surface area contributed by atoms with E-state index in [2.05, 4.69) is 46.5 Å². The van der Waals surface area contributed by atoms with Crippen LogP contribution in [0.15, 0.2) is 12.4 Å². The fourth-order valence-corrected chi connectivity index (χ4v) is 2.54. The molecule has 2 atom stereocenters. The molecule has 0 spiro atoms. The zero-order chi connectivity index (χ0) is 13.7. The molecule has 1 aromatic rings. The summed E-state index contributed by atoms with van der Waals surface area (Å²) in [4.78, 5) is 8.53. The highest BCUT2D eigenvalue weighted by Gasteiger charge is 2.24. The molecule has 0 aliphatic carbocycles. The fourth-order valence-electron chi connectivity index (χ4n) is 2.54. The molecule has 2 unspecified atom stereocenters. The van der Waals surface area contributed by atoms with Gasteiger partial charge in [0.2, 0.25) is 0 Å². The van der Waals surface area contributed by atoms with Gasteiger partial charge in [-0.05, 0) is 33.1 Å². The van der Waals surface area contributed by atoms with E-state index >= 15 is 0 Å². The van der Waals surface area contributed by atoms with Crippen LogP contribution in [0.5, 0.6) is 0 Å². The van der Waals surface area contributed by atoms with E-state index < -0.39 is 0 Å². The topological polar surface area (TPSA) is 53.1 Å². The Kier molecular flexibility index (Phi) is 4.96. The molecule has 2 heterocycles. The fraction of sp³-hybridized carbons (Fsp3) is 0.714. The summed E-state index contributed by atoms with van der Waals surface area (Å²) in [6, 6.07) is 3.07. The zero-order valence-corrected chi connectivity index (χ0v) is 12.2. The maximum atomic E-state index is 4.31. The third-order valence-electron chi connectivity index (χ3n) is 3.66. The molecule has 2 N–H and O–H groups in total. The minimum absolute atomic E-state index is 0.547. The lowest BCUT2D eigenvalue weighted by Crippen LogP contribution is -2.47. The van der Waals surface area contributed by atoms with Crippen LogP contribution < -0.4 is 10.7 Å². The van der Waals surface area contributed by atoms with E-state index in [0.29, 0.717) is 12.1 Å². The van der Waals surface area contributed by atoms with Crippen molar-refractivity contribution in [2.75, 3.05) is 17.3 Å². The smallest absolute Gasteiger partial charge is 0.145 e. The summed E-state index contributed by atoms with van der Waals surface area (Å²) in [5.41, 5.74) is 3.44. The van der Waals surface area contributed by atoms with Gasteiger partial charge in [-0.25, -0.2) is 15.0 Å². The van der Waals surface area contributed by atoms with Gasteiger partial charge in [0.05, 0.1) is 0 Å². The van der Waals surface area contributed by atoms with Crippen LogP contribution in [0.4, 0.5) is 11.6 Å². The van der Waals surface area contributed by atoms with Gasteiger partial charge in [-0.3, -0.25) is 0 Å². The van der Waals surface area contributed by atoms with Crippen LogP contribution in [0.1, 0.15) is 46.5 Å². The third kappa shape index (κ3) is 3.80. The van der Waals surface area contributed by atoms with Crippen LogP contribution in [-0.2, 0) is 0 Å². The Balaban J connectivity index is 2.01. The van der Waals surface area contributed by atoms with Crippen LogP contribution in [0.25, 0.3) is 0 Å². The van der Waals surface area contributed by atoms with Crippen molar-refractivity contribution in [2.45, 2.75) is 58.5 Å². The molecular formula is C14H25N5. The summed E-state index contributed by atoms with van der Waals surface area (Å²) in [5.74, 6) is 1.76. The van der Waals surface area contributed by atoms with Crippen molar-refractivity contribution >= 4 is 11.6 Å². The van der Waals surface area contributed by atoms with Crippen LogP contribution >= 0.6 is 0 Å². The summed E-state index contributed by atoms with van der Waals surface area (Å²) in [6.07, 6.45) is 6.49. The first kappa shape index (κ1) is 14.1. The van der Waals surface area contributed by atoms with Gasteiger partial charge in [-0.1, -0.05) is 13.3 Å². The summed E-state index contributed by atoms with van der Waals surface area (Å²) >= 11 is 0. The van der Waals surface area contributed by atoms with Crippen molar-refractivity contribution in [3.05, 3.63) is 12.4 Å². The number of nitrogens with one attached hydrogen (secondary N) is 2. The van der Waals surface area contributed by atoms with Gasteiger partial charge in [0.25, 0.3) is 0 Å². The molecule has 2 rings (SSSR count). The SMILES string of the molecule is CCCNc1cc(NN2C(C)CCCC2C)ncn1. The van der Waals surface area contributed by atoms with Gasteiger partial charge in [-0.15, -0.1) is 0 Å². The molecule has 19 heavy (non-hydrogen) atoms. The minimum Gasteiger partial charge on any atom is -0.370 e. The lowest BCUT2D eigenvalue weighted by molar-refractivity contribution is 0.135. The molecule has 1 aliphatic rings. The lowest BCUT2D eigenvalue weighted by atomic mass is 10.00. The van der Waals surface area contributed by atoms with E-state index in [0.717, 1.165) is 24.6 Å². The molecule has 1 aliphatic heterocycles. The second kappa shape index (κ2) is 6.70. The van der Waals surface area contributed by atoms with Crippen LogP contribution in [0, 0.1) is 0 Å². The molecule has 0 bridgehead atoms. The first-order valence-electron chi connectivity index (χ1n) is 7.31. The van der Waals surface area contributed by atoms with Crippen molar-refractivity contribution in [3.8, 4) is 0 Å². The summed E-state index contributed by atoms with van der Waals surface area (Å²) in [5, 5.41) is 5.60. The van der Waals surface area contributed by atoms with E-state index in [1.807, 2.05) is 6.07 Å². The molecule has 1 saturated heterocycles. The number of anilines is 2. The second-order valence-corrected chi connectivity index (χ2v) is 5.36. The van der Waals surface area contributed by atoms with E-state index in [1.54, 1.807) is 6.33 Å². The number of hydrazine groups is 1. The largest absolute Gasteiger partial charge is 0.370 e. The van der Waals surface area contributed by atoms with Gasteiger partial charge in [0, 0.05) is 24.7 Å². The van der Waals surface area contributed by atoms with Crippen LogP contribution in [-0.4, -0.2) is 33.6 Å². The van der Waals surface area contributed by atoms with Crippen molar-refractivity contribution in [1.29, 1.82) is 0 Å². The normalized spacial score (nSPS) is 24.2. The molecule has 0 saturated carbocycles. The van der Waals surface area contributed by atoms with Crippen molar-refractivity contribution < 1.29 is 0 Å². The van der Waals surface area contributed by atoms with Crippen LogP contribution in [0.2, 0.25) is 0 Å². The molecule has 106 valence electrons. The summed E-state index contributed by atoms with van der Waals surface area (Å²) in [7, 11) is 0. The molecular weight excluding hydrogens is 238 g/mol. The highest BCUT2D eigenvalue weighted by atomic mass is 15.5. The minimum atomic E-state index is 0.547. The lowest BCUT2D eigenvalue weighted by Gasteiger charge is -2.39. The molecule has 5 heteroatoms. The quantitative estimate of drug-likeness (QED) is 0.855. The predicted molar refractivity (Wildman–Crippen MR) is 79.0 cm³/mol. The maximum absolute atomic E-state index is 4.31. The molecule has 5 nitrogen and oxygen atoms in total. The van der Waals surface area contributed by atoms with Crippen molar-refractivity contribution in [3.63, 3.8) is 0 Å². The number of aromatic nitrogens is 2. The molecule has 1 fully saturated rings. The average Bonchev–Trinajstić information content (AvgIpc) is 2.41. The van der Waals surface area contributed by atoms with Gasteiger partial charge in [-0.2, -0.15) is 0 Å². The second-order valence-electron chi connectivity index (χ2n) is 5.36. The molecule has 1 aromatic heterocycles. The Labute approximate surface area is 115 Å². The average molecular weight is 263 g/mol. The first-order valence-corrected chi connectivity index (χ1v) is 7.31. The number of hydrogen-bond acceptors (Lipinski definition) is 5. The van der Waals surface area contributed by atoms with E-state index in [9.17, 15) is 0 Å². The van der Waals surface area contributed by atoms with Gasteiger partial charge < -0.3 is 10.7 Å². The van der Waals surface area contributed by atoms with Crippen molar-refractivity contribution in [1.82, 2.24) is 15.0 Å². The third-order valence-corrected chi connectivity index (χ3v) is 3.66. The number of piperidine rings is 1. The maximum Gasteiger partial charge on any atom is 0.145 e. The Morgan fingerprint density at radius 2 is 1.89 bits per heavy atom. The number of hydrogen-bond donors (Lipinski definition) is 2. The van der Waals surface area contributed by atoms with E-state index in [4.69, 9.17) is 0 Å². The Bertz CT molecular complexity index is 385. The van der Waals surface area contributed by atoms with E-state index in [1.165, 1.54) is 19.3 Å². The standard InChI is InChI=1S/C14H25N5/c1-4-8-15-13-9-14(17-10-16-13)18-19-11(2)6-5-7-12(19)3/h9-12H,4-8H2,1-3H3,(H2,15,16,17,18).